The number of methoxy groups -OCH3 is 1. The number of rotatable bonds is 4. The third-order valence-electron chi connectivity index (χ3n) is 3.19. The maximum Gasteiger partial charge on any atom is 0.251 e. The molecule has 5 heteroatoms. The van der Waals surface area contributed by atoms with Gasteiger partial charge < -0.3 is 15.8 Å². The molecule has 2 rings (SSSR count). The molecule has 0 radical (unpaired) electrons. The van der Waals surface area contributed by atoms with Crippen LogP contribution in [0.15, 0.2) is 24.3 Å². The Morgan fingerprint density at radius 1 is 1.33 bits per heavy atom. The lowest BCUT2D eigenvalue weighted by molar-refractivity contribution is 0.0176. The van der Waals surface area contributed by atoms with Crippen molar-refractivity contribution in [2.24, 2.45) is 5.73 Å². The van der Waals surface area contributed by atoms with Gasteiger partial charge in [-0.1, -0.05) is 24.4 Å². The van der Waals surface area contributed by atoms with Crippen molar-refractivity contribution in [1.29, 1.82) is 0 Å². The highest BCUT2D eigenvalue weighted by Crippen LogP contribution is 2.22. The summed E-state index contributed by atoms with van der Waals surface area (Å²) in [6.07, 6.45) is 2.05. The number of amides is 1. The number of carbonyl (C=O) groups excluding carboxylic acids is 1. The number of carbonyl (C=O) groups is 1. The summed E-state index contributed by atoms with van der Waals surface area (Å²) in [4.78, 5) is 12.2. The van der Waals surface area contributed by atoms with Crippen LogP contribution in [0.4, 0.5) is 0 Å². The van der Waals surface area contributed by atoms with Crippen LogP contribution in [0.25, 0.3) is 0 Å². The van der Waals surface area contributed by atoms with Gasteiger partial charge in [0.2, 0.25) is 0 Å². The fourth-order valence-electron chi connectivity index (χ4n) is 1.93. The van der Waals surface area contributed by atoms with Gasteiger partial charge in [0, 0.05) is 24.3 Å². The molecule has 4 nitrogen and oxygen atoms in total. The Balaban J connectivity index is 1.91. The molecule has 0 aromatic heterocycles. The number of nitrogens with two attached hydrogens (primary N) is 1. The molecule has 0 saturated heterocycles. The van der Waals surface area contributed by atoms with Crippen LogP contribution >= 0.6 is 12.2 Å². The van der Waals surface area contributed by atoms with Crippen LogP contribution in [0, 0.1) is 0 Å². The number of nitrogens with one attached hydrogen (secondary N) is 1. The zero-order valence-corrected chi connectivity index (χ0v) is 11.0. The van der Waals surface area contributed by atoms with E-state index in [2.05, 4.69) is 5.32 Å². The number of benzene rings is 1. The van der Waals surface area contributed by atoms with Gasteiger partial charge in [-0.2, -0.15) is 0 Å². The number of ether oxygens (including phenoxy) is 1. The lowest BCUT2D eigenvalue weighted by Crippen LogP contribution is -2.47. The van der Waals surface area contributed by atoms with Gasteiger partial charge in [0.1, 0.15) is 4.99 Å². The van der Waals surface area contributed by atoms with Crippen LogP contribution < -0.4 is 11.1 Å². The number of thiocarbonyl (C=S) groups is 1. The van der Waals surface area contributed by atoms with Gasteiger partial charge in [0.25, 0.3) is 5.91 Å². The van der Waals surface area contributed by atoms with E-state index in [9.17, 15) is 4.79 Å². The minimum absolute atomic E-state index is 0.0657. The van der Waals surface area contributed by atoms with Crippen LogP contribution in [-0.2, 0) is 4.74 Å². The highest BCUT2D eigenvalue weighted by Gasteiger charge is 2.30. The molecular weight excluding hydrogens is 248 g/mol. The molecule has 0 atom stereocenters. The summed E-state index contributed by atoms with van der Waals surface area (Å²) in [5, 5.41) is 2.96. The van der Waals surface area contributed by atoms with Gasteiger partial charge in [-0.3, -0.25) is 4.79 Å². The van der Waals surface area contributed by atoms with Crippen LogP contribution in [0.2, 0.25) is 0 Å². The Bertz CT molecular complexity index is 453. The third-order valence-corrected chi connectivity index (χ3v) is 3.43. The maximum atomic E-state index is 11.9. The Labute approximate surface area is 112 Å². The van der Waals surface area contributed by atoms with E-state index in [4.69, 9.17) is 22.7 Å². The monoisotopic (exact) mass is 264 g/mol. The Kier molecular flexibility index (Phi) is 3.93. The van der Waals surface area contributed by atoms with Crippen molar-refractivity contribution in [2.75, 3.05) is 7.11 Å². The second-order valence-corrected chi connectivity index (χ2v) is 4.88. The lowest BCUT2D eigenvalue weighted by atomic mass is 9.89. The van der Waals surface area contributed by atoms with Crippen LogP contribution in [0.1, 0.15) is 28.8 Å². The largest absolute Gasteiger partial charge is 0.389 e. The topological polar surface area (TPSA) is 64.3 Å². The Morgan fingerprint density at radius 2 is 1.89 bits per heavy atom. The first-order valence-electron chi connectivity index (χ1n) is 5.83. The molecular formula is C13H16N2O2S. The van der Waals surface area contributed by atoms with Crippen molar-refractivity contribution in [2.45, 2.75) is 25.0 Å². The van der Waals surface area contributed by atoms with Gasteiger partial charge in [0.15, 0.2) is 0 Å². The Morgan fingerprint density at radius 3 is 2.39 bits per heavy atom. The molecule has 1 saturated carbocycles. The Hall–Kier alpha value is -1.46. The molecule has 1 aromatic carbocycles. The normalized spacial score (nSPS) is 22.1. The van der Waals surface area contributed by atoms with Crippen LogP contribution in [0.5, 0.6) is 0 Å². The summed E-state index contributed by atoms with van der Waals surface area (Å²) in [7, 11) is 1.69. The summed E-state index contributed by atoms with van der Waals surface area (Å²) in [6, 6.07) is 7.20. The molecule has 1 aromatic rings. The average Bonchev–Trinajstić information content (AvgIpc) is 2.33. The standard InChI is InChI=1S/C13H16N2O2S/c1-17-11-6-10(7-11)15-13(16)9-4-2-8(3-5-9)12(14)18/h2-5,10-11H,6-7H2,1H3,(H2,14,18)(H,15,16). The van der Waals surface area contributed by atoms with E-state index in [-0.39, 0.29) is 18.1 Å². The van der Waals surface area contributed by atoms with Gasteiger partial charge in [-0.25, -0.2) is 0 Å². The van der Waals surface area contributed by atoms with Crippen molar-refractivity contribution >= 4 is 23.1 Å². The van der Waals surface area contributed by atoms with Crippen molar-refractivity contribution in [3.63, 3.8) is 0 Å². The third kappa shape index (κ3) is 2.86. The first kappa shape index (κ1) is 13.0. The quantitative estimate of drug-likeness (QED) is 0.803. The summed E-state index contributed by atoms with van der Waals surface area (Å²) in [6.45, 7) is 0. The highest BCUT2D eigenvalue weighted by atomic mass is 32.1. The zero-order valence-electron chi connectivity index (χ0n) is 10.2. The van der Waals surface area contributed by atoms with Crippen LogP contribution in [0.3, 0.4) is 0 Å². The minimum Gasteiger partial charge on any atom is -0.389 e. The molecule has 0 spiro atoms. The summed E-state index contributed by atoms with van der Waals surface area (Å²) < 4.78 is 5.17. The van der Waals surface area contributed by atoms with Crippen molar-refractivity contribution in [3.05, 3.63) is 35.4 Å². The second kappa shape index (κ2) is 5.46. The fourth-order valence-corrected chi connectivity index (χ4v) is 2.07. The van der Waals surface area contributed by atoms with Gasteiger partial charge in [0.05, 0.1) is 6.10 Å². The molecule has 18 heavy (non-hydrogen) atoms. The zero-order chi connectivity index (χ0) is 13.1. The van der Waals surface area contributed by atoms with Gasteiger partial charge in [-0.15, -0.1) is 0 Å². The molecule has 1 aliphatic rings. The summed E-state index contributed by atoms with van der Waals surface area (Å²) in [5.74, 6) is -0.0657. The van der Waals surface area contributed by atoms with E-state index in [0.29, 0.717) is 10.6 Å². The first-order valence-corrected chi connectivity index (χ1v) is 6.24. The van der Waals surface area contributed by atoms with Crippen molar-refractivity contribution in [1.82, 2.24) is 5.32 Å². The predicted octanol–water partition coefficient (Wildman–Crippen LogP) is 1.23. The van der Waals surface area contributed by atoms with E-state index >= 15 is 0 Å². The molecule has 1 amide bonds. The van der Waals surface area contributed by atoms with Gasteiger partial charge >= 0.3 is 0 Å². The lowest BCUT2D eigenvalue weighted by Gasteiger charge is -2.34. The minimum atomic E-state index is -0.0657. The smallest absolute Gasteiger partial charge is 0.251 e. The predicted molar refractivity (Wildman–Crippen MR) is 73.6 cm³/mol. The molecule has 0 unspecified atom stereocenters. The number of hydrogen-bond donors (Lipinski definition) is 2. The summed E-state index contributed by atoms with van der Waals surface area (Å²) >= 11 is 4.86. The van der Waals surface area contributed by atoms with Crippen molar-refractivity contribution < 1.29 is 9.53 Å². The van der Waals surface area contributed by atoms with Crippen molar-refractivity contribution in [3.8, 4) is 0 Å². The molecule has 0 bridgehead atoms. The van der Waals surface area contributed by atoms with Crippen LogP contribution in [-0.4, -0.2) is 30.2 Å². The molecule has 1 fully saturated rings. The average molecular weight is 264 g/mol. The molecule has 3 N–H and O–H groups in total. The molecule has 1 aliphatic carbocycles. The van der Waals surface area contributed by atoms with E-state index in [1.165, 1.54) is 0 Å². The van der Waals surface area contributed by atoms with E-state index in [1.807, 2.05) is 0 Å². The van der Waals surface area contributed by atoms with E-state index in [0.717, 1.165) is 18.4 Å². The van der Waals surface area contributed by atoms with Gasteiger partial charge in [-0.05, 0) is 25.0 Å². The number of hydrogen-bond acceptors (Lipinski definition) is 3. The van der Waals surface area contributed by atoms with E-state index < -0.39 is 0 Å². The first-order chi connectivity index (χ1) is 8.60. The molecule has 0 heterocycles. The maximum absolute atomic E-state index is 11.9. The second-order valence-electron chi connectivity index (χ2n) is 4.44. The van der Waals surface area contributed by atoms with E-state index in [1.54, 1.807) is 31.4 Å². The summed E-state index contributed by atoms with van der Waals surface area (Å²) in [5.41, 5.74) is 6.89. The molecule has 96 valence electrons. The highest BCUT2D eigenvalue weighted by molar-refractivity contribution is 7.80. The fraction of sp³-hybridized carbons (Fsp3) is 0.385. The SMILES string of the molecule is COC1CC(NC(=O)c2ccc(C(N)=S)cc2)C1. The molecule has 0 aliphatic heterocycles.